The van der Waals surface area contributed by atoms with Crippen molar-refractivity contribution in [2.45, 2.75) is 39.3 Å². The van der Waals surface area contributed by atoms with Gasteiger partial charge in [-0.05, 0) is 62.7 Å². The summed E-state index contributed by atoms with van der Waals surface area (Å²) in [6, 6.07) is 17.7. The predicted octanol–water partition coefficient (Wildman–Crippen LogP) is 7.68. The molecular weight excluding hydrogens is 629 g/mol. The molecule has 0 bridgehead atoms. The van der Waals surface area contributed by atoms with Gasteiger partial charge in [0.05, 0.1) is 59.9 Å². The summed E-state index contributed by atoms with van der Waals surface area (Å²) in [5.74, 6) is 1.29. The van der Waals surface area contributed by atoms with Gasteiger partial charge in [-0.2, -0.15) is 5.26 Å². The lowest BCUT2D eigenvalue weighted by atomic mass is 10.1. The molecule has 12 heteroatoms. The smallest absolute Gasteiger partial charge is 0.310 e. The molecule has 2 aromatic heterocycles. The standard InChI is InChI=1S/C34H31Cl2N5O5/c1-34(2,3)46-28(42)14-19-6-9-22(10-7-19)38-32-30-26(39-31(40-32)29-24(35)12-20(16-37)13-25(29)36)18-41(33(30)43)17-21-8-11-23(44-4)15-27(21)45-5/h6-13,15,18,43H,14,17H2,1-5H3,(H,38,39,40). The Bertz CT molecular complexity index is 1950. The molecule has 0 amide bonds. The minimum atomic E-state index is -0.577. The predicted molar refractivity (Wildman–Crippen MR) is 177 cm³/mol. The highest BCUT2D eigenvalue weighted by Crippen LogP contribution is 2.40. The normalized spacial score (nSPS) is 11.3. The van der Waals surface area contributed by atoms with Crippen LogP contribution in [-0.2, 0) is 22.5 Å². The van der Waals surface area contributed by atoms with Crippen molar-refractivity contribution < 1.29 is 24.1 Å². The number of aromatic hydroxyl groups is 1. The SMILES string of the molecule is COc1ccc(Cn2cc3nc(-c4c(Cl)cc(C#N)cc4Cl)nc(Nc4ccc(CC(=O)OC(C)(C)C)cc4)c3c2O)c(OC)c1. The number of carbonyl (C=O) groups is 1. The fourth-order valence-electron chi connectivity index (χ4n) is 4.87. The molecule has 5 rings (SSSR count). The number of fused-ring (bicyclic) bond motifs is 1. The monoisotopic (exact) mass is 659 g/mol. The molecule has 10 nitrogen and oxygen atoms in total. The van der Waals surface area contributed by atoms with Crippen LogP contribution in [0.25, 0.3) is 22.3 Å². The van der Waals surface area contributed by atoms with Gasteiger partial charge in [0.2, 0.25) is 5.88 Å². The maximum absolute atomic E-state index is 12.3. The minimum Gasteiger partial charge on any atom is -0.497 e. The van der Waals surface area contributed by atoms with Gasteiger partial charge in [0.25, 0.3) is 0 Å². The average molecular weight is 661 g/mol. The number of anilines is 2. The Kier molecular flexibility index (Phi) is 9.28. The van der Waals surface area contributed by atoms with E-state index in [-0.39, 0.29) is 46.5 Å². The average Bonchev–Trinajstić information content (AvgIpc) is 3.31. The van der Waals surface area contributed by atoms with Crippen LogP contribution in [0.2, 0.25) is 10.0 Å². The summed E-state index contributed by atoms with van der Waals surface area (Å²) >= 11 is 13.1. The van der Waals surface area contributed by atoms with E-state index in [2.05, 4.69) is 5.32 Å². The van der Waals surface area contributed by atoms with E-state index in [1.165, 1.54) is 12.1 Å². The second-order valence-corrected chi connectivity index (χ2v) is 12.2. The highest BCUT2D eigenvalue weighted by atomic mass is 35.5. The number of methoxy groups -OCH3 is 2. The second kappa shape index (κ2) is 13.2. The molecule has 2 heterocycles. The van der Waals surface area contributed by atoms with Gasteiger partial charge >= 0.3 is 5.97 Å². The number of nitrogens with one attached hydrogen (secondary N) is 1. The highest BCUT2D eigenvalue weighted by molar-refractivity contribution is 6.39. The number of benzene rings is 3. The van der Waals surface area contributed by atoms with Crippen molar-refractivity contribution in [1.29, 1.82) is 5.26 Å². The van der Waals surface area contributed by atoms with Gasteiger partial charge in [-0.15, -0.1) is 0 Å². The van der Waals surface area contributed by atoms with Crippen molar-refractivity contribution in [2.24, 2.45) is 0 Å². The zero-order valence-corrected chi connectivity index (χ0v) is 27.3. The van der Waals surface area contributed by atoms with Crippen molar-refractivity contribution in [1.82, 2.24) is 14.5 Å². The van der Waals surface area contributed by atoms with Crippen LogP contribution in [0.4, 0.5) is 11.5 Å². The summed E-state index contributed by atoms with van der Waals surface area (Å²) < 4.78 is 17.9. The lowest BCUT2D eigenvalue weighted by Gasteiger charge is -2.19. The van der Waals surface area contributed by atoms with Crippen LogP contribution >= 0.6 is 23.2 Å². The molecule has 0 atom stereocenters. The Morgan fingerprint density at radius 1 is 1.02 bits per heavy atom. The molecule has 0 aliphatic rings. The van der Waals surface area contributed by atoms with Crippen LogP contribution in [0, 0.1) is 11.3 Å². The number of nitrogens with zero attached hydrogens (tertiary/aromatic N) is 4. The Hall–Kier alpha value is -4.98. The van der Waals surface area contributed by atoms with Gasteiger partial charge in [0.1, 0.15) is 28.3 Å². The number of hydrogen-bond donors (Lipinski definition) is 2. The molecule has 0 spiro atoms. The van der Waals surface area contributed by atoms with E-state index in [4.69, 9.17) is 47.4 Å². The number of rotatable bonds is 9. The molecule has 46 heavy (non-hydrogen) atoms. The van der Waals surface area contributed by atoms with E-state index in [1.807, 2.05) is 39.0 Å². The van der Waals surface area contributed by atoms with E-state index in [1.54, 1.807) is 55.3 Å². The van der Waals surface area contributed by atoms with Crippen LogP contribution in [0.5, 0.6) is 17.4 Å². The second-order valence-electron chi connectivity index (χ2n) is 11.4. The number of aromatic nitrogens is 3. The van der Waals surface area contributed by atoms with Gasteiger partial charge in [0, 0.05) is 23.5 Å². The molecule has 3 aromatic carbocycles. The number of halogens is 2. The zero-order valence-electron chi connectivity index (χ0n) is 25.8. The lowest BCUT2D eigenvalue weighted by molar-refractivity contribution is -0.153. The maximum atomic E-state index is 12.3. The van der Waals surface area contributed by atoms with Gasteiger partial charge in [-0.3, -0.25) is 4.79 Å². The number of ether oxygens (including phenoxy) is 3. The summed E-state index contributed by atoms with van der Waals surface area (Å²) in [5.41, 5.74) is 2.67. The summed E-state index contributed by atoms with van der Waals surface area (Å²) in [4.78, 5) is 21.8. The number of hydrogen-bond acceptors (Lipinski definition) is 9. The van der Waals surface area contributed by atoms with Crippen LogP contribution in [0.3, 0.4) is 0 Å². The number of carbonyl (C=O) groups excluding carboxylic acids is 1. The molecular formula is C34H31Cl2N5O5. The van der Waals surface area contributed by atoms with E-state index in [0.29, 0.717) is 39.2 Å². The number of nitriles is 1. The van der Waals surface area contributed by atoms with Gasteiger partial charge in [-0.25, -0.2) is 9.97 Å². The van der Waals surface area contributed by atoms with Gasteiger partial charge in [-0.1, -0.05) is 35.3 Å². The fourth-order valence-corrected chi connectivity index (χ4v) is 5.53. The molecule has 5 aromatic rings. The molecule has 0 saturated heterocycles. The molecule has 236 valence electrons. The molecule has 0 aliphatic heterocycles. The quantitative estimate of drug-likeness (QED) is 0.153. The van der Waals surface area contributed by atoms with Crippen LogP contribution < -0.4 is 14.8 Å². The minimum absolute atomic E-state index is 0.0829. The summed E-state index contributed by atoms with van der Waals surface area (Å²) in [7, 11) is 3.14. The fraction of sp³-hybridized carbons (Fsp3) is 0.235. The van der Waals surface area contributed by atoms with E-state index >= 15 is 0 Å². The van der Waals surface area contributed by atoms with Crippen molar-refractivity contribution in [3.05, 3.63) is 87.5 Å². The largest absolute Gasteiger partial charge is 0.497 e. The van der Waals surface area contributed by atoms with Crippen LogP contribution in [-0.4, -0.2) is 45.4 Å². The first kappa shape index (κ1) is 32.4. The first-order chi connectivity index (χ1) is 21.9. The van der Waals surface area contributed by atoms with E-state index in [0.717, 1.165) is 11.1 Å². The maximum Gasteiger partial charge on any atom is 0.310 e. The van der Waals surface area contributed by atoms with Crippen LogP contribution in [0.15, 0.2) is 60.8 Å². The third-order valence-electron chi connectivity index (χ3n) is 6.93. The van der Waals surface area contributed by atoms with Crippen molar-refractivity contribution >= 4 is 51.6 Å². The Labute approximate surface area is 276 Å². The van der Waals surface area contributed by atoms with Crippen molar-refractivity contribution in [3.8, 4) is 34.8 Å². The molecule has 0 radical (unpaired) electrons. The van der Waals surface area contributed by atoms with Gasteiger partial charge < -0.3 is 29.2 Å². The topological polar surface area (TPSA) is 132 Å². The summed E-state index contributed by atoms with van der Waals surface area (Å²) in [6.45, 7) is 5.72. The molecule has 0 saturated carbocycles. The molecule has 0 unspecified atom stereocenters. The van der Waals surface area contributed by atoms with Crippen molar-refractivity contribution in [2.75, 3.05) is 19.5 Å². The molecule has 0 fully saturated rings. The third kappa shape index (κ3) is 7.12. The lowest BCUT2D eigenvalue weighted by Crippen LogP contribution is -2.24. The third-order valence-corrected chi connectivity index (χ3v) is 7.52. The first-order valence-electron chi connectivity index (χ1n) is 14.2. The molecule has 0 aliphatic carbocycles. The van der Waals surface area contributed by atoms with E-state index < -0.39 is 5.60 Å². The Morgan fingerprint density at radius 3 is 2.33 bits per heavy atom. The highest BCUT2D eigenvalue weighted by Gasteiger charge is 2.22. The first-order valence-corrected chi connectivity index (χ1v) is 14.9. The molecule has 2 N–H and O–H groups in total. The summed E-state index contributed by atoms with van der Waals surface area (Å²) in [6.07, 6.45) is 1.81. The summed E-state index contributed by atoms with van der Waals surface area (Å²) in [5, 5.41) is 24.9. The van der Waals surface area contributed by atoms with Crippen LogP contribution in [0.1, 0.15) is 37.5 Å². The van der Waals surface area contributed by atoms with E-state index in [9.17, 15) is 15.2 Å². The number of esters is 1. The Balaban J connectivity index is 1.57. The zero-order chi connectivity index (χ0) is 33.2. The van der Waals surface area contributed by atoms with Gasteiger partial charge in [0.15, 0.2) is 5.82 Å². The van der Waals surface area contributed by atoms with Crippen molar-refractivity contribution in [3.63, 3.8) is 0 Å². The Morgan fingerprint density at radius 2 is 1.72 bits per heavy atom.